The average Bonchev–Trinajstić information content (AvgIpc) is 3.02. The zero-order chi connectivity index (χ0) is 29.5. The molecule has 3 aromatic carbocycles. The lowest BCUT2D eigenvalue weighted by molar-refractivity contribution is 0.0947. The second kappa shape index (κ2) is 13.4. The van der Waals surface area contributed by atoms with Crippen molar-refractivity contribution in [2.75, 3.05) is 48.6 Å². The van der Waals surface area contributed by atoms with E-state index in [-0.39, 0.29) is 27.3 Å². The maximum absolute atomic E-state index is 13.7. The molecular formula is C29H28Cl2N6O4S. The third-order valence-electron chi connectivity index (χ3n) is 6.60. The van der Waals surface area contributed by atoms with Gasteiger partial charge in [-0.25, -0.2) is 9.97 Å². The van der Waals surface area contributed by atoms with Crippen molar-refractivity contribution in [3.63, 3.8) is 0 Å². The molecule has 5 rings (SSSR count). The van der Waals surface area contributed by atoms with Gasteiger partial charge in [0.25, 0.3) is 15.9 Å². The molecule has 0 aliphatic carbocycles. The fraction of sp³-hybridized carbons (Fsp3) is 0.207. The molecule has 42 heavy (non-hydrogen) atoms. The summed E-state index contributed by atoms with van der Waals surface area (Å²) in [6, 6.07) is 20.3. The van der Waals surface area contributed by atoms with Gasteiger partial charge in [0.2, 0.25) is 5.95 Å². The van der Waals surface area contributed by atoms with E-state index in [4.69, 9.17) is 28.0 Å². The standard InChI is InChI=1S/C29H28Cl2N6O4S/c30-26-12-9-24(21-27(26)31)41-37(23-5-2-1-3-6-23)42(39,40)25-10-7-22(8-11-25)28(38)32-15-16-35-17-19-36(20-18-35)29-33-13-4-14-34-29/h1-14,21H,15-20H2,(H,32,38). The highest BCUT2D eigenvalue weighted by Crippen LogP contribution is 2.30. The molecule has 1 fully saturated rings. The van der Waals surface area contributed by atoms with Gasteiger partial charge >= 0.3 is 0 Å². The van der Waals surface area contributed by atoms with Crippen LogP contribution in [-0.4, -0.2) is 68.5 Å². The molecule has 13 heteroatoms. The van der Waals surface area contributed by atoms with Crippen LogP contribution in [0.15, 0.2) is 96.2 Å². The number of nitrogens with one attached hydrogen (secondary N) is 1. The molecule has 1 aliphatic rings. The Kier molecular flexibility index (Phi) is 9.43. The van der Waals surface area contributed by atoms with Crippen LogP contribution in [0.1, 0.15) is 10.4 Å². The minimum Gasteiger partial charge on any atom is -0.364 e. The van der Waals surface area contributed by atoms with Crippen LogP contribution in [-0.2, 0) is 10.0 Å². The molecule has 10 nitrogen and oxygen atoms in total. The number of carbonyl (C=O) groups is 1. The summed E-state index contributed by atoms with van der Waals surface area (Å²) >= 11 is 12.1. The summed E-state index contributed by atoms with van der Waals surface area (Å²) in [5, 5.41) is 3.45. The van der Waals surface area contributed by atoms with Crippen LogP contribution in [0, 0.1) is 0 Å². The molecule has 218 valence electrons. The van der Waals surface area contributed by atoms with E-state index >= 15 is 0 Å². The van der Waals surface area contributed by atoms with Crippen molar-refractivity contribution in [1.29, 1.82) is 0 Å². The van der Waals surface area contributed by atoms with Crippen LogP contribution < -0.4 is 19.5 Å². The molecule has 0 atom stereocenters. The lowest BCUT2D eigenvalue weighted by Crippen LogP contribution is -2.49. The number of halogens is 2. The van der Waals surface area contributed by atoms with Gasteiger partial charge < -0.3 is 15.1 Å². The molecule has 1 N–H and O–H groups in total. The molecule has 0 saturated carbocycles. The second-order valence-electron chi connectivity index (χ2n) is 9.39. The summed E-state index contributed by atoms with van der Waals surface area (Å²) in [6.07, 6.45) is 3.47. The van der Waals surface area contributed by atoms with Crippen molar-refractivity contribution in [1.82, 2.24) is 20.2 Å². The van der Waals surface area contributed by atoms with Crippen LogP contribution in [0.25, 0.3) is 0 Å². The lowest BCUT2D eigenvalue weighted by atomic mass is 10.2. The van der Waals surface area contributed by atoms with Crippen molar-refractivity contribution >= 4 is 50.8 Å². The first-order valence-electron chi connectivity index (χ1n) is 13.2. The topological polar surface area (TPSA) is 108 Å². The number of carbonyl (C=O) groups excluding carboxylic acids is 1. The summed E-state index contributed by atoms with van der Waals surface area (Å²) in [5.74, 6) is 0.619. The van der Waals surface area contributed by atoms with Gasteiger partial charge in [-0.3, -0.25) is 9.69 Å². The molecular weight excluding hydrogens is 599 g/mol. The Balaban J connectivity index is 1.20. The van der Waals surface area contributed by atoms with Crippen molar-refractivity contribution in [2.45, 2.75) is 4.90 Å². The molecule has 1 saturated heterocycles. The Morgan fingerprint density at radius 1 is 0.881 bits per heavy atom. The maximum Gasteiger partial charge on any atom is 0.295 e. The zero-order valence-electron chi connectivity index (χ0n) is 22.4. The van der Waals surface area contributed by atoms with E-state index in [2.05, 4.69) is 25.1 Å². The average molecular weight is 628 g/mol. The van der Waals surface area contributed by atoms with Crippen molar-refractivity contribution < 1.29 is 18.0 Å². The molecule has 0 radical (unpaired) electrons. The van der Waals surface area contributed by atoms with E-state index in [1.807, 2.05) is 0 Å². The van der Waals surface area contributed by atoms with Crippen molar-refractivity contribution in [3.05, 3.63) is 107 Å². The molecule has 1 aromatic heterocycles. The fourth-order valence-electron chi connectivity index (χ4n) is 4.35. The summed E-state index contributed by atoms with van der Waals surface area (Å²) in [4.78, 5) is 31.5. The monoisotopic (exact) mass is 626 g/mol. The Morgan fingerprint density at radius 2 is 1.57 bits per heavy atom. The first-order chi connectivity index (χ1) is 20.3. The zero-order valence-corrected chi connectivity index (χ0v) is 24.8. The highest BCUT2D eigenvalue weighted by molar-refractivity contribution is 7.92. The fourth-order valence-corrected chi connectivity index (χ4v) is 5.89. The lowest BCUT2D eigenvalue weighted by Gasteiger charge is -2.34. The summed E-state index contributed by atoms with van der Waals surface area (Å²) in [6.45, 7) is 4.44. The minimum absolute atomic E-state index is 0.0526. The summed E-state index contributed by atoms with van der Waals surface area (Å²) < 4.78 is 28.1. The van der Waals surface area contributed by atoms with Gasteiger partial charge in [0, 0.05) is 63.3 Å². The third-order valence-corrected chi connectivity index (χ3v) is 8.93. The number of para-hydroxylation sites is 1. The summed E-state index contributed by atoms with van der Waals surface area (Å²) in [5.41, 5.74) is 0.624. The van der Waals surface area contributed by atoms with Gasteiger partial charge in [-0.1, -0.05) is 45.9 Å². The van der Waals surface area contributed by atoms with E-state index in [0.29, 0.717) is 23.7 Å². The van der Waals surface area contributed by atoms with Gasteiger partial charge in [0.15, 0.2) is 5.75 Å². The number of nitrogens with zero attached hydrogens (tertiary/aromatic N) is 5. The number of hydrogen-bond acceptors (Lipinski definition) is 8. The number of aromatic nitrogens is 2. The Hall–Kier alpha value is -3.90. The first kappa shape index (κ1) is 29.6. The van der Waals surface area contributed by atoms with Crippen molar-refractivity contribution in [3.8, 4) is 5.75 Å². The highest BCUT2D eigenvalue weighted by atomic mass is 35.5. The predicted molar refractivity (Wildman–Crippen MR) is 163 cm³/mol. The molecule has 1 aliphatic heterocycles. The molecule has 0 spiro atoms. The van der Waals surface area contributed by atoms with Crippen molar-refractivity contribution in [2.24, 2.45) is 0 Å². The van der Waals surface area contributed by atoms with E-state index in [0.717, 1.165) is 36.6 Å². The quantitative estimate of drug-likeness (QED) is 0.256. The maximum atomic E-state index is 13.7. The molecule has 2 heterocycles. The van der Waals surface area contributed by atoms with E-state index < -0.39 is 10.0 Å². The Bertz CT molecular complexity index is 1600. The van der Waals surface area contributed by atoms with Gasteiger partial charge in [-0.15, -0.1) is 0 Å². The van der Waals surface area contributed by atoms with Crippen LogP contribution in [0.4, 0.5) is 11.6 Å². The number of amides is 1. The van der Waals surface area contributed by atoms with Crippen LogP contribution in [0.2, 0.25) is 10.0 Å². The third kappa shape index (κ3) is 7.11. The van der Waals surface area contributed by atoms with Gasteiger partial charge in [-0.2, -0.15) is 8.42 Å². The Morgan fingerprint density at radius 3 is 2.24 bits per heavy atom. The molecule has 0 bridgehead atoms. The SMILES string of the molecule is O=C(NCCN1CCN(c2ncccn2)CC1)c1ccc(S(=O)(=O)N(Oc2ccc(Cl)c(Cl)c2)c2ccccc2)cc1. The minimum atomic E-state index is -4.19. The number of piperazine rings is 1. The van der Waals surface area contributed by atoms with E-state index in [9.17, 15) is 13.2 Å². The number of hydrogen-bond donors (Lipinski definition) is 1. The van der Waals surface area contributed by atoms with E-state index in [1.54, 1.807) is 48.8 Å². The molecule has 0 unspecified atom stereocenters. The normalized spacial score (nSPS) is 13.9. The largest absolute Gasteiger partial charge is 0.364 e. The predicted octanol–water partition coefficient (Wildman–Crippen LogP) is 4.52. The van der Waals surface area contributed by atoms with Gasteiger partial charge in [0.1, 0.15) is 0 Å². The van der Waals surface area contributed by atoms with Crippen LogP contribution in [0.3, 0.4) is 0 Å². The number of rotatable bonds is 10. The van der Waals surface area contributed by atoms with Crippen LogP contribution >= 0.6 is 23.2 Å². The van der Waals surface area contributed by atoms with E-state index in [1.165, 1.54) is 42.5 Å². The number of anilines is 2. The Labute approximate surface area is 254 Å². The smallest absolute Gasteiger partial charge is 0.295 e. The summed E-state index contributed by atoms with van der Waals surface area (Å²) in [7, 11) is -4.19. The number of sulfonamides is 1. The van der Waals surface area contributed by atoms with Gasteiger partial charge in [0.05, 0.1) is 20.6 Å². The second-order valence-corrected chi connectivity index (χ2v) is 12.0. The van der Waals surface area contributed by atoms with Gasteiger partial charge in [-0.05, 0) is 54.6 Å². The molecule has 1 amide bonds. The van der Waals surface area contributed by atoms with Crippen LogP contribution in [0.5, 0.6) is 5.75 Å². The number of benzene rings is 3. The highest BCUT2D eigenvalue weighted by Gasteiger charge is 2.28. The molecule has 4 aromatic rings. The first-order valence-corrected chi connectivity index (χ1v) is 15.4.